The quantitative estimate of drug-likeness (QED) is 0.780. The SMILES string of the molecule is COC(=O)c1nccc(NCc2ccc(CCN)cc2)n1. The maximum atomic E-state index is 11.4. The summed E-state index contributed by atoms with van der Waals surface area (Å²) in [6, 6.07) is 9.91. The Hall–Kier alpha value is -2.47. The van der Waals surface area contributed by atoms with Crippen LogP contribution in [0.4, 0.5) is 5.82 Å². The van der Waals surface area contributed by atoms with E-state index < -0.39 is 5.97 Å². The van der Waals surface area contributed by atoms with Crippen molar-refractivity contribution in [2.24, 2.45) is 5.73 Å². The molecule has 0 saturated carbocycles. The van der Waals surface area contributed by atoms with Gasteiger partial charge in [-0.1, -0.05) is 24.3 Å². The molecule has 3 N–H and O–H groups in total. The number of rotatable bonds is 6. The van der Waals surface area contributed by atoms with Crippen LogP contribution >= 0.6 is 0 Å². The Bertz CT molecular complexity index is 599. The average Bonchev–Trinajstić information content (AvgIpc) is 2.54. The van der Waals surface area contributed by atoms with Crippen molar-refractivity contribution in [1.82, 2.24) is 9.97 Å². The van der Waals surface area contributed by atoms with E-state index in [1.54, 1.807) is 6.07 Å². The van der Waals surface area contributed by atoms with Crippen LogP contribution in [0, 0.1) is 0 Å². The fraction of sp³-hybridized carbons (Fsp3) is 0.267. The van der Waals surface area contributed by atoms with Crippen molar-refractivity contribution in [1.29, 1.82) is 0 Å². The molecule has 1 heterocycles. The Kier molecular flexibility index (Phi) is 5.22. The Balaban J connectivity index is 1.97. The molecule has 0 aliphatic rings. The van der Waals surface area contributed by atoms with Crippen LogP contribution in [0.25, 0.3) is 0 Å². The summed E-state index contributed by atoms with van der Waals surface area (Å²) in [5, 5.41) is 3.15. The van der Waals surface area contributed by atoms with Crippen molar-refractivity contribution in [3.05, 3.63) is 53.5 Å². The van der Waals surface area contributed by atoms with Gasteiger partial charge in [-0.15, -0.1) is 0 Å². The normalized spacial score (nSPS) is 10.2. The van der Waals surface area contributed by atoms with E-state index in [4.69, 9.17) is 5.73 Å². The second-order valence-corrected chi connectivity index (χ2v) is 4.47. The Morgan fingerprint density at radius 1 is 1.24 bits per heavy atom. The van der Waals surface area contributed by atoms with Gasteiger partial charge in [0.1, 0.15) is 5.82 Å². The summed E-state index contributed by atoms with van der Waals surface area (Å²) in [7, 11) is 1.30. The first kappa shape index (κ1) is 14.9. The molecule has 0 fully saturated rings. The highest BCUT2D eigenvalue weighted by Gasteiger charge is 2.09. The van der Waals surface area contributed by atoms with Crippen LogP contribution < -0.4 is 11.1 Å². The number of ether oxygens (including phenoxy) is 1. The van der Waals surface area contributed by atoms with Gasteiger partial charge in [0.05, 0.1) is 7.11 Å². The maximum Gasteiger partial charge on any atom is 0.376 e. The van der Waals surface area contributed by atoms with Crippen molar-refractivity contribution < 1.29 is 9.53 Å². The minimum absolute atomic E-state index is 0.0424. The molecule has 1 aromatic carbocycles. The molecular weight excluding hydrogens is 268 g/mol. The van der Waals surface area contributed by atoms with E-state index in [1.165, 1.54) is 18.9 Å². The third-order valence-electron chi connectivity index (χ3n) is 2.95. The van der Waals surface area contributed by atoms with Gasteiger partial charge in [-0.25, -0.2) is 14.8 Å². The third-order valence-corrected chi connectivity index (χ3v) is 2.95. The number of nitrogens with one attached hydrogen (secondary N) is 1. The number of benzene rings is 1. The fourth-order valence-corrected chi connectivity index (χ4v) is 1.83. The molecule has 2 rings (SSSR count). The summed E-state index contributed by atoms with van der Waals surface area (Å²) in [6.07, 6.45) is 2.40. The summed E-state index contributed by atoms with van der Waals surface area (Å²) in [6.45, 7) is 1.26. The van der Waals surface area contributed by atoms with Gasteiger partial charge in [0, 0.05) is 12.7 Å². The van der Waals surface area contributed by atoms with Gasteiger partial charge in [0.25, 0.3) is 0 Å². The van der Waals surface area contributed by atoms with Gasteiger partial charge in [-0.2, -0.15) is 0 Å². The summed E-state index contributed by atoms with van der Waals surface area (Å²) in [4.78, 5) is 19.3. The third kappa shape index (κ3) is 4.25. The summed E-state index contributed by atoms with van der Waals surface area (Å²) in [5.41, 5.74) is 7.86. The standard InChI is InChI=1S/C15H18N4O2/c1-21-15(20)14-17-9-7-13(19-14)18-10-12-4-2-11(3-5-12)6-8-16/h2-5,7,9H,6,8,10,16H2,1H3,(H,17,18,19). The zero-order chi connectivity index (χ0) is 15.1. The van der Waals surface area contributed by atoms with Crippen LogP contribution in [0.15, 0.2) is 36.5 Å². The lowest BCUT2D eigenvalue weighted by atomic mass is 10.1. The molecule has 110 valence electrons. The monoisotopic (exact) mass is 286 g/mol. The minimum atomic E-state index is -0.551. The van der Waals surface area contributed by atoms with Crippen LogP contribution in [0.3, 0.4) is 0 Å². The first-order chi connectivity index (χ1) is 10.2. The molecular formula is C15H18N4O2. The molecule has 0 spiro atoms. The van der Waals surface area contributed by atoms with E-state index in [0.29, 0.717) is 18.9 Å². The first-order valence-corrected chi connectivity index (χ1v) is 6.66. The summed E-state index contributed by atoms with van der Waals surface area (Å²) >= 11 is 0. The number of esters is 1. The van der Waals surface area contributed by atoms with Gasteiger partial charge in [-0.05, 0) is 30.2 Å². The smallest absolute Gasteiger partial charge is 0.376 e. The predicted molar refractivity (Wildman–Crippen MR) is 79.9 cm³/mol. The van der Waals surface area contributed by atoms with E-state index in [-0.39, 0.29) is 5.82 Å². The lowest BCUT2D eigenvalue weighted by Crippen LogP contribution is -2.10. The number of anilines is 1. The molecule has 6 heteroatoms. The molecule has 0 amide bonds. The Labute approximate surface area is 123 Å². The van der Waals surface area contributed by atoms with Gasteiger partial charge in [0.15, 0.2) is 0 Å². The molecule has 1 aromatic heterocycles. The number of aromatic nitrogens is 2. The van der Waals surface area contributed by atoms with Gasteiger partial charge in [0.2, 0.25) is 5.82 Å². The van der Waals surface area contributed by atoms with E-state index in [9.17, 15) is 4.79 Å². The highest BCUT2D eigenvalue weighted by atomic mass is 16.5. The number of hydrogen-bond donors (Lipinski definition) is 2. The summed E-state index contributed by atoms with van der Waals surface area (Å²) in [5.74, 6) is 0.0713. The van der Waals surface area contributed by atoms with E-state index in [1.807, 2.05) is 12.1 Å². The van der Waals surface area contributed by atoms with Gasteiger partial charge < -0.3 is 15.8 Å². The van der Waals surface area contributed by atoms with Crippen LogP contribution in [-0.4, -0.2) is 29.6 Å². The summed E-state index contributed by atoms with van der Waals surface area (Å²) < 4.78 is 4.59. The Morgan fingerprint density at radius 2 is 1.95 bits per heavy atom. The van der Waals surface area contributed by atoms with E-state index in [0.717, 1.165) is 12.0 Å². The minimum Gasteiger partial charge on any atom is -0.463 e. The number of nitrogens with two attached hydrogens (primary N) is 1. The van der Waals surface area contributed by atoms with Crippen LogP contribution in [0.5, 0.6) is 0 Å². The van der Waals surface area contributed by atoms with Crippen molar-refractivity contribution in [2.45, 2.75) is 13.0 Å². The predicted octanol–water partition coefficient (Wildman–Crippen LogP) is 1.38. The van der Waals surface area contributed by atoms with Crippen LogP contribution in [-0.2, 0) is 17.7 Å². The van der Waals surface area contributed by atoms with Crippen LogP contribution in [0.1, 0.15) is 21.7 Å². The average molecular weight is 286 g/mol. The molecule has 0 unspecified atom stereocenters. The van der Waals surface area contributed by atoms with E-state index >= 15 is 0 Å². The lowest BCUT2D eigenvalue weighted by Gasteiger charge is -2.07. The molecule has 6 nitrogen and oxygen atoms in total. The number of hydrogen-bond acceptors (Lipinski definition) is 6. The molecule has 0 aliphatic carbocycles. The van der Waals surface area contributed by atoms with Crippen molar-refractivity contribution >= 4 is 11.8 Å². The highest BCUT2D eigenvalue weighted by molar-refractivity contribution is 5.85. The number of nitrogens with zero attached hydrogens (tertiary/aromatic N) is 2. The largest absolute Gasteiger partial charge is 0.463 e. The van der Waals surface area contributed by atoms with Crippen molar-refractivity contribution in [3.8, 4) is 0 Å². The molecule has 2 aromatic rings. The zero-order valence-electron chi connectivity index (χ0n) is 11.9. The van der Waals surface area contributed by atoms with E-state index in [2.05, 4.69) is 32.2 Å². The first-order valence-electron chi connectivity index (χ1n) is 6.66. The van der Waals surface area contributed by atoms with Crippen LogP contribution in [0.2, 0.25) is 0 Å². The zero-order valence-corrected chi connectivity index (χ0v) is 11.9. The second-order valence-electron chi connectivity index (χ2n) is 4.47. The van der Waals surface area contributed by atoms with Gasteiger partial charge >= 0.3 is 5.97 Å². The molecule has 0 atom stereocenters. The molecule has 21 heavy (non-hydrogen) atoms. The number of carbonyl (C=O) groups excluding carboxylic acids is 1. The number of methoxy groups -OCH3 is 1. The van der Waals surface area contributed by atoms with Gasteiger partial charge in [-0.3, -0.25) is 0 Å². The molecule has 0 radical (unpaired) electrons. The lowest BCUT2D eigenvalue weighted by molar-refractivity contribution is 0.0587. The Morgan fingerprint density at radius 3 is 2.62 bits per heavy atom. The maximum absolute atomic E-state index is 11.4. The molecule has 0 aliphatic heterocycles. The molecule has 0 bridgehead atoms. The fourth-order valence-electron chi connectivity index (χ4n) is 1.83. The number of carbonyl (C=O) groups is 1. The topological polar surface area (TPSA) is 90.1 Å². The second kappa shape index (κ2) is 7.35. The van der Waals surface area contributed by atoms with Crippen molar-refractivity contribution in [2.75, 3.05) is 19.0 Å². The van der Waals surface area contributed by atoms with Crippen molar-refractivity contribution in [3.63, 3.8) is 0 Å². The highest BCUT2D eigenvalue weighted by Crippen LogP contribution is 2.08. The molecule has 0 saturated heterocycles.